The monoisotopic (exact) mass is 291 g/mol. The molecule has 0 radical (unpaired) electrons. The molecule has 0 amide bonds. The van der Waals surface area contributed by atoms with Crippen molar-refractivity contribution in [1.82, 2.24) is 4.98 Å². The molecule has 1 heterocycles. The lowest BCUT2D eigenvalue weighted by atomic mass is 10.1. The minimum absolute atomic E-state index is 0.724. The van der Waals surface area contributed by atoms with Gasteiger partial charge in [-0.05, 0) is 36.8 Å². The average Bonchev–Trinajstić information content (AvgIpc) is 2.55. The molecule has 0 unspecified atom stereocenters. The standard InChI is InChI=1S/C18H17N3O/c1-13-11-18(20-16-9-5-4-8-15(13)16)21-19-12-14-7-3-6-10-17(14)22-2/h3-12H,1-2H3,(H,20,21)/b19-12+. The number of aromatic nitrogens is 1. The number of aryl methyl sites for hydroxylation is 1. The van der Waals surface area contributed by atoms with Gasteiger partial charge < -0.3 is 4.74 Å². The highest BCUT2D eigenvalue weighted by Crippen LogP contribution is 2.20. The fourth-order valence-electron chi connectivity index (χ4n) is 2.35. The summed E-state index contributed by atoms with van der Waals surface area (Å²) in [6.45, 7) is 2.07. The Morgan fingerprint density at radius 2 is 1.86 bits per heavy atom. The number of hydrogen-bond donors (Lipinski definition) is 1. The van der Waals surface area contributed by atoms with Gasteiger partial charge in [-0.1, -0.05) is 30.3 Å². The van der Waals surface area contributed by atoms with Gasteiger partial charge >= 0.3 is 0 Å². The van der Waals surface area contributed by atoms with Gasteiger partial charge in [0.25, 0.3) is 0 Å². The van der Waals surface area contributed by atoms with Gasteiger partial charge in [0.1, 0.15) is 11.6 Å². The third kappa shape index (κ3) is 2.91. The Labute approximate surface area is 129 Å². The van der Waals surface area contributed by atoms with Crippen LogP contribution in [-0.4, -0.2) is 18.3 Å². The summed E-state index contributed by atoms with van der Waals surface area (Å²) in [5.41, 5.74) is 6.02. The van der Waals surface area contributed by atoms with E-state index in [-0.39, 0.29) is 0 Å². The van der Waals surface area contributed by atoms with Gasteiger partial charge in [-0.3, -0.25) is 5.43 Å². The van der Waals surface area contributed by atoms with Crippen LogP contribution in [0.25, 0.3) is 10.9 Å². The number of para-hydroxylation sites is 2. The third-order valence-corrected chi connectivity index (χ3v) is 3.44. The largest absolute Gasteiger partial charge is 0.496 e. The van der Waals surface area contributed by atoms with Crippen LogP contribution in [0.5, 0.6) is 5.75 Å². The Bertz CT molecular complexity index is 827. The Balaban J connectivity index is 1.83. The third-order valence-electron chi connectivity index (χ3n) is 3.44. The number of ether oxygens (including phenoxy) is 1. The molecule has 4 heteroatoms. The fourth-order valence-corrected chi connectivity index (χ4v) is 2.35. The van der Waals surface area contributed by atoms with Crippen LogP contribution in [0.3, 0.4) is 0 Å². The van der Waals surface area contributed by atoms with E-state index in [0.717, 1.165) is 28.0 Å². The molecule has 2 aromatic carbocycles. The molecule has 0 aliphatic carbocycles. The fraction of sp³-hybridized carbons (Fsp3) is 0.111. The van der Waals surface area contributed by atoms with E-state index in [1.165, 1.54) is 5.56 Å². The maximum Gasteiger partial charge on any atom is 0.147 e. The second-order valence-electron chi connectivity index (χ2n) is 4.95. The van der Waals surface area contributed by atoms with Crippen molar-refractivity contribution in [3.05, 3.63) is 65.7 Å². The highest BCUT2D eigenvalue weighted by molar-refractivity contribution is 5.85. The molecular weight excluding hydrogens is 274 g/mol. The summed E-state index contributed by atoms with van der Waals surface area (Å²) in [6, 6.07) is 17.8. The minimum Gasteiger partial charge on any atom is -0.496 e. The topological polar surface area (TPSA) is 46.5 Å². The van der Waals surface area contributed by atoms with Crippen molar-refractivity contribution < 1.29 is 4.74 Å². The van der Waals surface area contributed by atoms with Crippen molar-refractivity contribution in [2.45, 2.75) is 6.92 Å². The first-order valence-electron chi connectivity index (χ1n) is 7.06. The van der Waals surface area contributed by atoms with Crippen LogP contribution in [0, 0.1) is 6.92 Å². The van der Waals surface area contributed by atoms with Gasteiger partial charge in [0.15, 0.2) is 0 Å². The summed E-state index contributed by atoms with van der Waals surface area (Å²) < 4.78 is 5.29. The number of anilines is 1. The van der Waals surface area contributed by atoms with E-state index in [1.807, 2.05) is 48.5 Å². The number of nitrogens with zero attached hydrogens (tertiary/aromatic N) is 2. The number of hydrazone groups is 1. The molecule has 0 atom stereocenters. The molecule has 0 fully saturated rings. The van der Waals surface area contributed by atoms with Crippen molar-refractivity contribution in [2.75, 3.05) is 12.5 Å². The molecule has 0 saturated carbocycles. The summed E-state index contributed by atoms with van der Waals surface area (Å²) in [5, 5.41) is 5.41. The first kappa shape index (κ1) is 14.1. The molecule has 22 heavy (non-hydrogen) atoms. The maximum atomic E-state index is 5.29. The lowest BCUT2D eigenvalue weighted by Crippen LogP contribution is -1.96. The van der Waals surface area contributed by atoms with Crippen molar-refractivity contribution in [3.8, 4) is 5.75 Å². The number of nitrogens with one attached hydrogen (secondary N) is 1. The SMILES string of the molecule is COc1ccccc1/C=N/Nc1cc(C)c2ccccc2n1. The zero-order valence-corrected chi connectivity index (χ0v) is 12.6. The zero-order chi connectivity index (χ0) is 15.4. The normalized spacial score (nSPS) is 11.0. The molecule has 0 saturated heterocycles. The van der Waals surface area contributed by atoms with E-state index in [2.05, 4.69) is 28.5 Å². The molecule has 0 bridgehead atoms. The van der Waals surface area contributed by atoms with Crippen molar-refractivity contribution >= 4 is 22.9 Å². The van der Waals surface area contributed by atoms with Crippen LogP contribution in [0.15, 0.2) is 59.7 Å². The van der Waals surface area contributed by atoms with E-state index in [9.17, 15) is 0 Å². The van der Waals surface area contributed by atoms with Crippen LogP contribution < -0.4 is 10.2 Å². The van der Waals surface area contributed by atoms with Crippen LogP contribution in [0.1, 0.15) is 11.1 Å². The molecule has 0 aliphatic heterocycles. The summed E-state index contributed by atoms with van der Waals surface area (Å²) in [5.74, 6) is 1.51. The highest BCUT2D eigenvalue weighted by Gasteiger charge is 2.01. The molecule has 110 valence electrons. The van der Waals surface area contributed by atoms with Crippen LogP contribution in [0.2, 0.25) is 0 Å². The quantitative estimate of drug-likeness (QED) is 0.584. The Hall–Kier alpha value is -2.88. The molecule has 0 aliphatic rings. The van der Waals surface area contributed by atoms with Gasteiger partial charge in [-0.2, -0.15) is 5.10 Å². The summed E-state index contributed by atoms with van der Waals surface area (Å²) >= 11 is 0. The molecule has 0 spiro atoms. The first-order chi connectivity index (χ1) is 10.8. The van der Waals surface area contributed by atoms with Crippen LogP contribution in [0.4, 0.5) is 5.82 Å². The predicted molar refractivity (Wildman–Crippen MR) is 90.7 cm³/mol. The molecule has 1 aromatic heterocycles. The molecule has 3 rings (SSSR count). The number of benzene rings is 2. The molecule has 1 N–H and O–H groups in total. The molecule has 3 aromatic rings. The molecule has 4 nitrogen and oxygen atoms in total. The van der Waals surface area contributed by atoms with E-state index in [0.29, 0.717) is 0 Å². The van der Waals surface area contributed by atoms with Gasteiger partial charge in [-0.15, -0.1) is 0 Å². The Morgan fingerprint density at radius 3 is 2.73 bits per heavy atom. The van der Waals surface area contributed by atoms with Crippen molar-refractivity contribution in [2.24, 2.45) is 5.10 Å². The number of pyridine rings is 1. The number of methoxy groups -OCH3 is 1. The van der Waals surface area contributed by atoms with Gasteiger partial charge in [-0.25, -0.2) is 4.98 Å². The number of hydrogen-bond acceptors (Lipinski definition) is 4. The lowest BCUT2D eigenvalue weighted by molar-refractivity contribution is 0.414. The maximum absolute atomic E-state index is 5.29. The second kappa shape index (κ2) is 6.26. The van der Waals surface area contributed by atoms with Crippen molar-refractivity contribution in [1.29, 1.82) is 0 Å². The molecular formula is C18H17N3O. The smallest absolute Gasteiger partial charge is 0.147 e. The Kier molecular flexibility index (Phi) is 4.01. The zero-order valence-electron chi connectivity index (χ0n) is 12.6. The predicted octanol–water partition coefficient (Wildman–Crippen LogP) is 4.00. The summed E-state index contributed by atoms with van der Waals surface area (Å²) in [6.07, 6.45) is 1.73. The average molecular weight is 291 g/mol. The van der Waals surface area contributed by atoms with Crippen LogP contribution >= 0.6 is 0 Å². The summed E-state index contributed by atoms with van der Waals surface area (Å²) in [7, 11) is 1.65. The minimum atomic E-state index is 0.724. The van der Waals surface area contributed by atoms with Gasteiger partial charge in [0.2, 0.25) is 0 Å². The lowest BCUT2D eigenvalue weighted by Gasteiger charge is -2.06. The second-order valence-corrected chi connectivity index (χ2v) is 4.95. The van der Waals surface area contributed by atoms with E-state index >= 15 is 0 Å². The number of rotatable bonds is 4. The Morgan fingerprint density at radius 1 is 1.09 bits per heavy atom. The number of fused-ring (bicyclic) bond motifs is 1. The van der Waals surface area contributed by atoms with Crippen LogP contribution in [-0.2, 0) is 0 Å². The van der Waals surface area contributed by atoms with Gasteiger partial charge in [0.05, 0.1) is 18.8 Å². The van der Waals surface area contributed by atoms with Gasteiger partial charge in [0, 0.05) is 10.9 Å². The van der Waals surface area contributed by atoms with E-state index < -0.39 is 0 Å². The first-order valence-corrected chi connectivity index (χ1v) is 7.06. The van der Waals surface area contributed by atoms with E-state index in [4.69, 9.17) is 4.74 Å². The van der Waals surface area contributed by atoms with Crippen molar-refractivity contribution in [3.63, 3.8) is 0 Å². The summed E-state index contributed by atoms with van der Waals surface area (Å²) in [4.78, 5) is 4.55. The van der Waals surface area contributed by atoms with E-state index in [1.54, 1.807) is 13.3 Å². The highest BCUT2D eigenvalue weighted by atomic mass is 16.5.